The first-order valence-electron chi connectivity index (χ1n) is 5.59. The number of fused-ring (bicyclic) bond motifs is 1. The zero-order chi connectivity index (χ0) is 10.7. The number of hydrogen-bond acceptors (Lipinski definition) is 3. The maximum absolute atomic E-state index is 9.83. The number of rotatable bonds is 3. The molecule has 1 unspecified atom stereocenters. The normalized spacial score (nSPS) is 18.3. The maximum Gasteiger partial charge on any atom is 0.111 e. The molecule has 0 saturated heterocycles. The van der Waals surface area contributed by atoms with Gasteiger partial charge in [-0.05, 0) is 37.3 Å². The number of aliphatic hydroxyl groups excluding tert-OH is 1. The molecule has 0 radical (unpaired) electrons. The Morgan fingerprint density at radius 1 is 1.40 bits per heavy atom. The van der Waals surface area contributed by atoms with Crippen LogP contribution in [0.3, 0.4) is 0 Å². The van der Waals surface area contributed by atoms with Crippen molar-refractivity contribution < 1.29 is 9.84 Å². The molecular weight excluding hydrogens is 208 g/mol. The van der Waals surface area contributed by atoms with E-state index in [1.165, 1.54) is 42.5 Å². The van der Waals surface area contributed by atoms with Gasteiger partial charge < -0.3 is 9.84 Å². The van der Waals surface area contributed by atoms with Gasteiger partial charge in [0.1, 0.15) is 6.10 Å². The first kappa shape index (κ1) is 11.1. The summed E-state index contributed by atoms with van der Waals surface area (Å²) in [7, 11) is 1.63. The van der Waals surface area contributed by atoms with Crippen molar-refractivity contribution in [3.05, 3.63) is 21.4 Å². The van der Waals surface area contributed by atoms with Gasteiger partial charge in [-0.15, -0.1) is 11.3 Å². The highest BCUT2D eigenvalue weighted by molar-refractivity contribution is 7.12. The van der Waals surface area contributed by atoms with Crippen LogP contribution < -0.4 is 0 Å². The quantitative estimate of drug-likeness (QED) is 0.803. The number of hydrogen-bond donors (Lipinski definition) is 1. The van der Waals surface area contributed by atoms with Crippen LogP contribution in [0.25, 0.3) is 0 Å². The predicted molar refractivity (Wildman–Crippen MR) is 62.4 cm³/mol. The molecule has 0 amide bonds. The summed E-state index contributed by atoms with van der Waals surface area (Å²) in [5.74, 6) is 0. The largest absolute Gasteiger partial charge is 0.385 e. The van der Waals surface area contributed by atoms with E-state index in [2.05, 4.69) is 6.07 Å². The van der Waals surface area contributed by atoms with Crippen molar-refractivity contribution in [1.82, 2.24) is 0 Å². The zero-order valence-corrected chi connectivity index (χ0v) is 9.98. The van der Waals surface area contributed by atoms with Crippen molar-refractivity contribution in [2.24, 2.45) is 0 Å². The summed E-state index contributed by atoms with van der Waals surface area (Å²) in [4.78, 5) is 2.56. The monoisotopic (exact) mass is 226 g/mol. The van der Waals surface area contributed by atoms with E-state index < -0.39 is 6.10 Å². The molecule has 1 aromatic rings. The van der Waals surface area contributed by atoms with Crippen LogP contribution in [-0.2, 0) is 17.6 Å². The summed E-state index contributed by atoms with van der Waals surface area (Å²) in [6.45, 7) is 0.402. The van der Waals surface area contributed by atoms with Crippen molar-refractivity contribution in [3.63, 3.8) is 0 Å². The van der Waals surface area contributed by atoms with Crippen LogP contribution in [-0.4, -0.2) is 18.8 Å². The van der Waals surface area contributed by atoms with Crippen LogP contribution in [0.15, 0.2) is 6.07 Å². The van der Waals surface area contributed by atoms with Gasteiger partial charge in [-0.2, -0.15) is 0 Å². The number of aryl methyl sites for hydroxylation is 2. The zero-order valence-electron chi connectivity index (χ0n) is 9.16. The highest BCUT2D eigenvalue weighted by Gasteiger charge is 2.16. The first-order chi connectivity index (χ1) is 7.31. The SMILES string of the molecule is COCC(O)c1cc2c(s1)CCCCC2. The van der Waals surface area contributed by atoms with Gasteiger partial charge >= 0.3 is 0 Å². The van der Waals surface area contributed by atoms with Crippen molar-refractivity contribution in [3.8, 4) is 0 Å². The maximum atomic E-state index is 9.83. The lowest BCUT2D eigenvalue weighted by Crippen LogP contribution is -2.02. The van der Waals surface area contributed by atoms with E-state index in [1.54, 1.807) is 18.4 Å². The van der Waals surface area contributed by atoms with E-state index in [0.29, 0.717) is 6.61 Å². The Balaban J connectivity index is 2.14. The summed E-state index contributed by atoms with van der Waals surface area (Å²) in [5.41, 5.74) is 1.46. The van der Waals surface area contributed by atoms with Gasteiger partial charge in [0.2, 0.25) is 0 Å². The van der Waals surface area contributed by atoms with Crippen molar-refractivity contribution >= 4 is 11.3 Å². The molecule has 2 nitrogen and oxygen atoms in total. The molecule has 1 aliphatic rings. The lowest BCUT2D eigenvalue weighted by Gasteiger charge is -2.05. The number of methoxy groups -OCH3 is 1. The summed E-state index contributed by atoms with van der Waals surface area (Å²) in [5, 5.41) is 9.83. The Labute approximate surface area is 94.9 Å². The molecule has 1 heterocycles. The Morgan fingerprint density at radius 2 is 2.20 bits per heavy atom. The minimum atomic E-state index is -0.438. The summed E-state index contributed by atoms with van der Waals surface area (Å²) in [6.07, 6.45) is 5.88. The lowest BCUT2D eigenvalue weighted by atomic mass is 10.1. The van der Waals surface area contributed by atoms with Crippen LogP contribution in [0.5, 0.6) is 0 Å². The second kappa shape index (κ2) is 5.10. The molecule has 0 bridgehead atoms. The van der Waals surface area contributed by atoms with E-state index in [1.807, 2.05) is 0 Å². The third-order valence-electron chi connectivity index (χ3n) is 2.92. The molecule has 0 saturated carbocycles. The lowest BCUT2D eigenvalue weighted by molar-refractivity contribution is 0.0666. The van der Waals surface area contributed by atoms with E-state index in [9.17, 15) is 5.11 Å². The molecule has 0 fully saturated rings. The van der Waals surface area contributed by atoms with Gasteiger partial charge in [0, 0.05) is 16.9 Å². The van der Waals surface area contributed by atoms with Gasteiger partial charge in [-0.1, -0.05) is 6.42 Å². The molecule has 84 valence electrons. The first-order valence-corrected chi connectivity index (χ1v) is 6.41. The van der Waals surface area contributed by atoms with Crippen LogP contribution in [0.1, 0.15) is 40.7 Å². The van der Waals surface area contributed by atoms with Crippen molar-refractivity contribution in [2.45, 2.75) is 38.2 Å². The van der Waals surface area contributed by atoms with Crippen LogP contribution in [0.4, 0.5) is 0 Å². The Bertz CT molecular complexity index is 296. The smallest absolute Gasteiger partial charge is 0.111 e. The molecule has 0 spiro atoms. The summed E-state index contributed by atoms with van der Waals surface area (Å²) in [6, 6.07) is 2.18. The average molecular weight is 226 g/mol. The molecule has 0 aromatic carbocycles. The fourth-order valence-electron chi connectivity index (χ4n) is 2.09. The van der Waals surface area contributed by atoms with E-state index in [4.69, 9.17) is 4.74 Å². The molecule has 2 rings (SSSR count). The Kier molecular flexibility index (Phi) is 3.78. The Morgan fingerprint density at radius 3 is 3.00 bits per heavy atom. The topological polar surface area (TPSA) is 29.5 Å². The molecule has 1 aromatic heterocycles. The van der Waals surface area contributed by atoms with Gasteiger partial charge in [0.25, 0.3) is 0 Å². The van der Waals surface area contributed by atoms with Crippen LogP contribution in [0.2, 0.25) is 0 Å². The van der Waals surface area contributed by atoms with E-state index in [-0.39, 0.29) is 0 Å². The molecular formula is C12H18O2S. The molecule has 15 heavy (non-hydrogen) atoms. The van der Waals surface area contributed by atoms with Crippen LogP contribution >= 0.6 is 11.3 Å². The van der Waals surface area contributed by atoms with E-state index >= 15 is 0 Å². The molecule has 0 aliphatic heterocycles. The van der Waals surface area contributed by atoms with Gasteiger partial charge in [-0.25, -0.2) is 0 Å². The standard InChI is InChI=1S/C12H18O2S/c1-14-8-10(13)12-7-9-5-3-2-4-6-11(9)15-12/h7,10,13H,2-6,8H2,1H3. The Hall–Kier alpha value is -0.380. The fraction of sp³-hybridized carbons (Fsp3) is 0.667. The number of thiophene rings is 1. The second-order valence-electron chi connectivity index (χ2n) is 4.13. The third kappa shape index (κ3) is 2.60. The van der Waals surface area contributed by atoms with Crippen LogP contribution in [0, 0.1) is 0 Å². The number of ether oxygens (including phenoxy) is 1. The molecule has 1 N–H and O–H groups in total. The minimum absolute atomic E-state index is 0.402. The average Bonchev–Trinajstić information content (AvgIpc) is 2.51. The summed E-state index contributed by atoms with van der Waals surface area (Å²) >= 11 is 1.77. The van der Waals surface area contributed by atoms with Crippen molar-refractivity contribution in [1.29, 1.82) is 0 Å². The van der Waals surface area contributed by atoms with Gasteiger partial charge in [-0.3, -0.25) is 0 Å². The molecule has 1 aliphatic carbocycles. The number of aliphatic hydroxyl groups is 1. The molecule has 1 atom stereocenters. The fourth-order valence-corrected chi connectivity index (χ4v) is 3.32. The van der Waals surface area contributed by atoms with Crippen molar-refractivity contribution in [2.75, 3.05) is 13.7 Å². The van der Waals surface area contributed by atoms with E-state index in [0.717, 1.165) is 4.88 Å². The highest BCUT2D eigenvalue weighted by Crippen LogP contribution is 2.32. The van der Waals surface area contributed by atoms with Gasteiger partial charge in [0.05, 0.1) is 6.61 Å². The van der Waals surface area contributed by atoms with Gasteiger partial charge in [0.15, 0.2) is 0 Å². The predicted octanol–water partition coefficient (Wildman–Crippen LogP) is 2.70. The minimum Gasteiger partial charge on any atom is -0.385 e. The second-order valence-corrected chi connectivity index (χ2v) is 5.30. The third-order valence-corrected chi connectivity index (χ3v) is 4.26. The summed E-state index contributed by atoms with van der Waals surface area (Å²) < 4.78 is 4.97. The molecule has 3 heteroatoms. The highest BCUT2D eigenvalue weighted by atomic mass is 32.1.